The summed E-state index contributed by atoms with van der Waals surface area (Å²) >= 11 is 0. The third-order valence-corrected chi connectivity index (χ3v) is 7.82. The first-order valence-electron chi connectivity index (χ1n) is 15.1. The number of likely N-dealkylation sites (tertiary alicyclic amines) is 1. The van der Waals surface area contributed by atoms with Crippen molar-refractivity contribution in [3.63, 3.8) is 0 Å². The molecule has 6 nitrogen and oxygen atoms in total. The zero-order valence-electron chi connectivity index (χ0n) is 24.1. The first-order chi connectivity index (χ1) is 19.0. The van der Waals surface area contributed by atoms with Crippen LogP contribution < -0.4 is 9.64 Å². The van der Waals surface area contributed by atoms with Crippen LogP contribution in [0.5, 0.6) is 5.75 Å². The van der Waals surface area contributed by atoms with Crippen LogP contribution in [0.4, 0.5) is 5.69 Å². The van der Waals surface area contributed by atoms with E-state index in [1.807, 2.05) is 52.3 Å². The molecule has 1 saturated heterocycles. The molecule has 2 amide bonds. The molecule has 0 spiro atoms. The van der Waals surface area contributed by atoms with Gasteiger partial charge in [-0.1, -0.05) is 63.4 Å². The lowest BCUT2D eigenvalue weighted by molar-refractivity contribution is -0.119. The lowest BCUT2D eigenvalue weighted by Crippen LogP contribution is -2.36. The number of para-hydroxylation sites is 2. The van der Waals surface area contributed by atoms with Crippen molar-refractivity contribution in [1.82, 2.24) is 9.80 Å². The number of hydrogen-bond acceptors (Lipinski definition) is 4. The molecule has 0 saturated carbocycles. The lowest BCUT2D eigenvalue weighted by Gasteiger charge is -2.30. The second-order valence-electron chi connectivity index (χ2n) is 11.5. The van der Waals surface area contributed by atoms with Gasteiger partial charge in [-0.05, 0) is 74.9 Å². The Morgan fingerprint density at radius 3 is 2.28 bits per heavy atom. The molecule has 2 aliphatic rings. The van der Waals surface area contributed by atoms with Crippen molar-refractivity contribution in [2.45, 2.75) is 78.2 Å². The van der Waals surface area contributed by atoms with Gasteiger partial charge in [0, 0.05) is 38.3 Å². The molecule has 2 heterocycles. The van der Waals surface area contributed by atoms with E-state index in [2.05, 4.69) is 24.8 Å². The number of anilines is 1. The van der Waals surface area contributed by atoms with Crippen molar-refractivity contribution in [3.8, 4) is 5.75 Å². The van der Waals surface area contributed by atoms with Gasteiger partial charge < -0.3 is 19.4 Å². The highest BCUT2D eigenvalue weighted by Crippen LogP contribution is 2.28. The van der Waals surface area contributed by atoms with E-state index in [4.69, 9.17) is 4.74 Å². The van der Waals surface area contributed by atoms with E-state index in [0.717, 1.165) is 62.9 Å². The summed E-state index contributed by atoms with van der Waals surface area (Å²) in [6, 6.07) is 15.8. The van der Waals surface area contributed by atoms with Gasteiger partial charge in [0.25, 0.3) is 5.91 Å². The van der Waals surface area contributed by atoms with Crippen molar-refractivity contribution in [2.75, 3.05) is 44.2 Å². The fourth-order valence-corrected chi connectivity index (χ4v) is 5.72. The maximum atomic E-state index is 14.0. The molecule has 0 aromatic heterocycles. The summed E-state index contributed by atoms with van der Waals surface area (Å²) in [5.74, 6) is 1.13. The van der Waals surface area contributed by atoms with Gasteiger partial charge in [-0.3, -0.25) is 9.59 Å². The van der Waals surface area contributed by atoms with Crippen molar-refractivity contribution in [2.24, 2.45) is 5.92 Å². The highest BCUT2D eigenvalue weighted by Gasteiger charge is 2.24. The third kappa shape index (κ3) is 8.56. The molecule has 0 aliphatic carbocycles. The fraction of sp³-hybridized carbons (Fsp3) is 0.576. The van der Waals surface area contributed by atoms with Crippen LogP contribution in [0.3, 0.4) is 0 Å². The average molecular weight is 534 g/mol. The number of ether oxygens (including phenoxy) is 1. The van der Waals surface area contributed by atoms with E-state index in [0.29, 0.717) is 43.3 Å². The van der Waals surface area contributed by atoms with Gasteiger partial charge >= 0.3 is 0 Å². The molecule has 0 unspecified atom stereocenters. The molecule has 2 aromatic rings. The van der Waals surface area contributed by atoms with Gasteiger partial charge in [-0.15, -0.1) is 0 Å². The molecular formula is C33H47N3O3. The summed E-state index contributed by atoms with van der Waals surface area (Å²) in [7, 11) is 0. The number of rotatable bonds is 8. The highest BCUT2D eigenvalue weighted by atomic mass is 16.5. The molecule has 1 fully saturated rings. The van der Waals surface area contributed by atoms with E-state index in [-0.39, 0.29) is 11.8 Å². The van der Waals surface area contributed by atoms with Crippen molar-refractivity contribution >= 4 is 17.5 Å². The second-order valence-corrected chi connectivity index (χ2v) is 11.5. The molecule has 39 heavy (non-hydrogen) atoms. The molecule has 4 rings (SSSR count). The van der Waals surface area contributed by atoms with Crippen LogP contribution in [-0.2, 0) is 11.3 Å². The summed E-state index contributed by atoms with van der Waals surface area (Å²) in [6.45, 7) is 10.1. The van der Waals surface area contributed by atoms with Gasteiger partial charge in [0.2, 0.25) is 5.91 Å². The molecule has 0 bridgehead atoms. The Bertz CT molecular complexity index is 1060. The number of benzene rings is 2. The number of hydrogen-bond donors (Lipinski definition) is 0. The Kier molecular flexibility index (Phi) is 11.3. The quantitative estimate of drug-likeness (QED) is 0.362. The largest absolute Gasteiger partial charge is 0.493 e. The topological polar surface area (TPSA) is 53.1 Å². The van der Waals surface area contributed by atoms with Crippen LogP contribution in [0.1, 0.15) is 87.6 Å². The Morgan fingerprint density at radius 2 is 1.49 bits per heavy atom. The number of amides is 2. The van der Waals surface area contributed by atoms with Gasteiger partial charge in [0.1, 0.15) is 5.75 Å². The zero-order valence-corrected chi connectivity index (χ0v) is 24.1. The third-order valence-electron chi connectivity index (χ3n) is 7.82. The van der Waals surface area contributed by atoms with Crippen LogP contribution in [0.15, 0.2) is 48.5 Å². The van der Waals surface area contributed by atoms with Crippen LogP contribution in [0.25, 0.3) is 0 Å². The zero-order chi connectivity index (χ0) is 27.5. The van der Waals surface area contributed by atoms with Crippen LogP contribution in [-0.4, -0.2) is 60.9 Å². The molecular weight excluding hydrogens is 486 g/mol. The Labute approximate surface area is 235 Å². The maximum Gasteiger partial charge on any atom is 0.257 e. The number of fused-ring (bicyclic) bond motifs is 1. The first kappa shape index (κ1) is 29.1. The van der Waals surface area contributed by atoms with E-state index in [9.17, 15) is 9.59 Å². The molecule has 6 heteroatoms. The van der Waals surface area contributed by atoms with Crippen molar-refractivity contribution in [1.29, 1.82) is 0 Å². The maximum absolute atomic E-state index is 14.0. The molecule has 0 atom stereocenters. The van der Waals surface area contributed by atoms with Gasteiger partial charge in [-0.2, -0.15) is 0 Å². The number of nitrogens with zero attached hydrogens (tertiary/aromatic N) is 3. The highest BCUT2D eigenvalue weighted by molar-refractivity contribution is 5.97. The van der Waals surface area contributed by atoms with Crippen molar-refractivity contribution in [3.05, 3.63) is 59.7 Å². The minimum Gasteiger partial charge on any atom is -0.493 e. The second kappa shape index (κ2) is 15.1. The monoisotopic (exact) mass is 533 g/mol. The van der Waals surface area contributed by atoms with Crippen molar-refractivity contribution < 1.29 is 14.3 Å². The summed E-state index contributed by atoms with van der Waals surface area (Å²) < 4.78 is 6.17. The summed E-state index contributed by atoms with van der Waals surface area (Å²) in [5.41, 5.74) is 2.58. The Morgan fingerprint density at radius 1 is 0.821 bits per heavy atom. The molecule has 0 radical (unpaired) electrons. The molecule has 0 N–H and O–H groups in total. The van der Waals surface area contributed by atoms with Gasteiger partial charge in [-0.25, -0.2) is 0 Å². The molecule has 2 aromatic carbocycles. The molecule has 2 aliphatic heterocycles. The summed E-state index contributed by atoms with van der Waals surface area (Å²) in [5, 5.41) is 0. The summed E-state index contributed by atoms with van der Waals surface area (Å²) in [4.78, 5) is 33.7. The Balaban J connectivity index is 1.53. The lowest BCUT2D eigenvalue weighted by atomic mass is 10.0. The minimum absolute atomic E-state index is 0.00272. The normalized spacial score (nSPS) is 17.4. The molecule has 212 valence electrons. The standard InChI is InChI=1S/C33H47N3O3/c1-27(2)25-32(37)36-23-11-5-3-4-10-22-35(26-28-15-6-8-17-30(28)36)33(38)29-16-7-9-18-31(29)39-24-14-21-34-19-12-13-20-34/h6-9,15-18,27H,3-5,10-14,19-26H2,1-2H3. The minimum atomic E-state index is -0.00272. The van der Waals surface area contributed by atoms with E-state index >= 15 is 0 Å². The smallest absolute Gasteiger partial charge is 0.257 e. The van der Waals surface area contributed by atoms with Gasteiger partial charge in [0.05, 0.1) is 12.2 Å². The SMILES string of the molecule is CC(C)CC(=O)N1CCCCCCCN(C(=O)c2ccccc2OCCCN2CCCC2)Cc2ccccc21. The Hall–Kier alpha value is -2.86. The fourth-order valence-electron chi connectivity index (χ4n) is 5.72. The van der Waals surface area contributed by atoms with Gasteiger partial charge in [0.15, 0.2) is 0 Å². The number of carbonyl (C=O) groups is 2. The summed E-state index contributed by atoms with van der Waals surface area (Å²) in [6.07, 6.45) is 9.34. The average Bonchev–Trinajstić information content (AvgIpc) is 3.44. The van der Waals surface area contributed by atoms with Crippen LogP contribution >= 0.6 is 0 Å². The number of carbonyl (C=O) groups excluding carboxylic acids is 2. The van der Waals surface area contributed by atoms with Crippen LogP contribution in [0, 0.1) is 5.92 Å². The van der Waals surface area contributed by atoms with Crippen LogP contribution in [0.2, 0.25) is 0 Å². The predicted octanol–water partition coefficient (Wildman–Crippen LogP) is 6.54. The predicted molar refractivity (Wildman–Crippen MR) is 158 cm³/mol. The first-order valence-corrected chi connectivity index (χ1v) is 15.1. The van der Waals surface area contributed by atoms with E-state index < -0.39 is 0 Å². The van der Waals surface area contributed by atoms with E-state index in [1.54, 1.807) is 0 Å². The van der Waals surface area contributed by atoms with E-state index in [1.165, 1.54) is 25.9 Å².